The molecule has 1 amide bonds. The molecule has 0 bridgehead atoms. The molecular formula is C22H31NO6. The summed E-state index contributed by atoms with van der Waals surface area (Å²) >= 11 is 0. The number of carbonyl (C=O) groups excluding carboxylic acids is 2. The fourth-order valence-electron chi connectivity index (χ4n) is 4.18. The van der Waals surface area contributed by atoms with Gasteiger partial charge in [-0.3, -0.25) is 4.79 Å². The molecule has 160 valence electrons. The Morgan fingerprint density at radius 1 is 1.07 bits per heavy atom. The van der Waals surface area contributed by atoms with Crippen molar-refractivity contribution in [1.29, 1.82) is 0 Å². The number of carbonyl (C=O) groups is 2. The zero-order chi connectivity index (χ0) is 21.0. The van der Waals surface area contributed by atoms with Crippen molar-refractivity contribution >= 4 is 12.1 Å². The molecule has 2 aliphatic rings. The van der Waals surface area contributed by atoms with Crippen LogP contribution >= 0.6 is 0 Å². The van der Waals surface area contributed by atoms with E-state index in [1.807, 2.05) is 32.0 Å². The van der Waals surface area contributed by atoms with E-state index in [0.29, 0.717) is 18.0 Å². The molecule has 0 radical (unpaired) electrons. The van der Waals surface area contributed by atoms with Crippen molar-refractivity contribution in [2.75, 3.05) is 27.3 Å². The summed E-state index contributed by atoms with van der Waals surface area (Å²) < 4.78 is 22.0. The van der Waals surface area contributed by atoms with Crippen LogP contribution in [0.15, 0.2) is 18.2 Å². The van der Waals surface area contributed by atoms with Crippen molar-refractivity contribution < 1.29 is 28.5 Å². The van der Waals surface area contributed by atoms with E-state index < -0.39 is 12.0 Å². The Labute approximate surface area is 172 Å². The number of ether oxygens (including phenoxy) is 4. The van der Waals surface area contributed by atoms with Crippen LogP contribution in [0.2, 0.25) is 0 Å². The Balaban J connectivity index is 1.87. The fraction of sp³-hybridized carbons (Fsp3) is 0.636. The van der Waals surface area contributed by atoms with Crippen LogP contribution in [0.5, 0.6) is 11.5 Å². The number of nitrogens with zero attached hydrogens (tertiary/aromatic N) is 1. The molecule has 0 spiro atoms. The monoisotopic (exact) mass is 405 g/mol. The van der Waals surface area contributed by atoms with Gasteiger partial charge in [-0.1, -0.05) is 6.07 Å². The van der Waals surface area contributed by atoms with Gasteiger partial charge in [0.05, 0.1) is 32.3 Å². The van der Waals surface area contributed by atoms with E-state index in [0.717, 1.165) is 18.4 Å². The molecule has 3 rings (SSSR count). The average Bonchev–Trinajstić information content (AvgIpc) is 3.36. The number of benzene rings is 1. The Hall–Kier alpha value is -2.44. The van der Waals surface area contributed by atoms with E-state index in [1.54, 1.807) is 12.0 Å². The van der Waals surface area contributed by atoms with Crippen LogP contribution in [-0.2, 0) is 14.3 Å². The third-order valence-corrected chi connectivity index (χ3v) is 5.62. The van der Waals surface area contributed by atoms with Gasteiger partial charge >= 0.3 is 12.1 Å². The Morgan fingerprint density at radius 3 is 2.41 bits per heavy atom. The molecule has 2 atom stereocenters. The minimum absolute atomic E-state index is 0.191. The first-order valence-corrected chi connectivity index (χ1v) is 10.3. The summed E-state index contributed by atoms with van der Waals surface area (Å²) in [6.07, 6.45) is 3.96. The topological polar surface area (TPSA) is 74.3 Å². The summed E-state index contributed by atoms with van der Waals surface area (Å²) in [7, 11) is 2.96. The molecule has 1 aromatic rings. The van der Waals surface area contributed by atoms with Gasteiger partial charge in [0, 0.05) is 19.0 Å². The van der Waals surface area contributed by atoms with Crippen molar-refractivity contribution in [1.82, 2.24) is 4.90 Å². The van der Waals surface area contributed by atoms with Crippen molar-refractivity contribution in [2.45, 2.75) is 57.7 Å². The minimum atomic E-state index is -0.454. The molecule has 7 heteroatoms. The van der Waals surface area contributed by atoms with Gasteiger partial charge in [0.15, 0.2) is 11.5 Å². The van der Waals surface area contributed by atoms with Gasteiger partial charge in [0.2, 0.25) is 0 Å². The van der Waals surface area contributed by atoms with Crippen molar-refractivity contribution in [3.05, 3.63) is 23.8 Å². The molecule has 1 aliphatic heterocycles. The van der Waals surface area contributed by atoms with E-state index in [9.17, 15) is 9.59 Å². The van der Waals surface area contributed by atoms with Gasteiger partial charge in [-0.25, -0.2) is 4.79 Å². The standard InChI is InChI=1S/C22H31NO6/c1-14(2)28-21(24)18-13-23(22(25)27-4)12-17(18)15-9-10-19(26-3)20(11-15)29-16-7-5-6-8-16/h9-11,14,16-18H,5-8,12-13H2,1-4H3/t17-,18+/m0/s1. The lowest BCUT2D eigenvalue weighted by Gasteiger charge is -2.21. The first-order valence-electron chi connectivity index (χ1n) is 10.3. The van der Waals surface area contributed by atoms with Crippen LogP contribution in [0.3, 0.4) is 0 Å². The van der Waals surface area contributed by atoms with Gasteiger partial charge in [-0.15, -0.1) is 0 Å². The van der Waals surface area contributed by atoms with Gasteiger partial charge in [0.1, 0.15) is 0 Å². The molecule has 0 N–H and O–H groups in total. The molecule has 1 aliphatic carbocycles. The van der Waals surface area contributed by atoms with Crippen LogP contribution < -0.4 is 9.47 Å². The van der Waals surface area contributed by atoms with Gasteiger partial charge < -0.3 is 23.8 Å². The smallest absolute Gasteiger partial charge is 0.409 e. The summed E-state index contributed by atoms with van der Waals surface area (Å²) in [5.74, 6) is 0.404. The lowest BCUT2D eigenvalue weighted by molar-refractivity contribution is -0.152. The normalized spacial score (nSPS) is 22.0. The zero-order valence-corrected chi connectivity index (χ0v) is 17.7. The second-order valence-corrected chi connectivity index (χ2v) is 8.01. The lowest BCUT2D eigenvalue weighted by atomic mass is 9.88. The molecule has 2 fully saturated rings. The number of esters is 1. The number of methoxy groups -OCH3 is 2. The van der Waals surface area contributed by atoms with Crippen LogP contribution in [0, 0.1) is 5.92 Å². The van der Waals surface area contributed by atoms with E-state index >= 15 is 0 Å². The highest BCUT2D eigenvalue weighted by Crippen LogP contribution is 2.39. The maximum Gasteiger partial charge on any atom is 0.409 e. The number of likely N-dealkylation sites (tertiary alicyclic amines) is 1. The lowest BCUT2D eigenvalue weighted by Crippen LogP contribution is -2.30. The van der Waals surface area contributed by atoms with E-state index in [4.69, 9.17) is 18.9 Å². The molecule has 7 nitrogen and oxygen atoms in total. The fourth-order valence-corrected chi connectivity index (χ4v) is 4.18. The highest BCUT2D eigenvalue weighted by atomic mass is 16.5. The van der Waals surface area contributed by atoms with Gasteiger partial charge in [-0.05, 0) is 57.2 Å². The summed E-state index contributed by atoms with van der Waals surface area (Å²) in [6, 6.07) is 5.74. The van der Waals surface area contributed by atoms with Crippen molar-refractivity contribution in [2.24, 2.45) is 5.92 Å². The number of hydrogen-bond acceptors (Lipinski definition) is 6. The molecule has 1 saturated carbocycles. The largest absolute Gasteiger partial charge is 0.493 e. The molecular weight excluding hydrogens is 374 g/mol. The third kappa shape index (κ3) is 4.95. The second kappa shape index (κ2) is 9.37. The number of amides is 1. The van der Waals surface area contributed by atoms with Crippen molar-refractivity contribution in [3.8, 4) is 11.5 Å². The SMILES string of the molecule is COC(=O)N1C[C@@H](C(=O)OC(C)C)[C@H](c2ccc(OC)c(OC3CCCC3)c2)C1. The molecule has 1 heterocycles. The van der Waals surface area contributed by atoms with Crippen LogP contribution in [0.25, 0.3) is 0 Å². The number of rotatable bonds is 6. The maximum absolute atomic E-state index is 12.7. The van der Waals surface area contributed by atoms with E-state index in [2.05, 4.69) is 0 Å². The first kappa shape index (κ1) is 21.3. The highest BCUT2D eigenvalue weighted by molar-refractivity contribution is 5.77. The summed E-state index contributed by atoms with van der Waals surface area (Å²) in [5.41, 5.74) is 0.927. The molecule has 0 unspecified atom stereocenters. The molecule has 0 aromatic heterocycles. The predicted molar refractivity (Wildman–Crippen MR) is 107 cm³/mol. The molecule has 1 aromatic carbocycles. The van der Waals surface area contributed by atoms with E-state index in [1.165, 1.54) is 20.0 Å². The third-order valence-electron chi connectivity index (χ3n) is 5.62. The predicted octanol–water partition coefficient (Wildman–Crippen LogP) is 3.75. The zero-order valence-electron chi connectivity index (χ0n) is 17.7. The Bertz CT molecular complexity index is 728. The Morgan fingerprint density at radius 2 is 1.79 bits per heavy atom. The average molecular weight is 405 g/mol. The van der Waals surface area contributed by atoms with Crippen LogP contribution in [-0.4, -0.2) is 56.5 Å². The maximum atomic E-state index is 12.7. The first-order chi connectivity index (χ1) is 13.9. The van der Waals surface area contributed by atoms with Crippen LogP contribution in [0.1, 0.15) is 51.0 Å². The Kier molecular flexibility index (Phi) is 6.87. The van der Waals surface area contributed by atoms with E-state index in [-0.39, 0.29) is 30.6 Å². The van der Waals surface area contributed by atoms with Crippen LogP contribution in [0.4, 0.5) is 4.79 Å². The summed E-state index contributed by atoms with van der Waals surface area (Å²) in [5, 5.41) is 0. The minimum Gasteiger partial charge on any atom is -0.493 e. The second-order valence-electron chi connectivity index (χ2n) is 8.01. The summed E-state index contributed by atoms with van der Waals surface area (Å²) in [4.78, 5) is 26.4. The van der Waals surface area contributed by atoms with Gasteiger partial charge in [0.25, 0.3) is 0 Å². The molecule has 1 saturated heterocycles. The highest BCUT2D eigenvalue weighted by Gasteiger charge is 2.42. The quantitative estimate of drug-likeness (QED) is 0.671. The van der Waals surface area contributed by atoms with Gasteiger partial charge in [-0.2, -0.15) is 0 Å². The number of hydrogen-bond donors (Lipinski definition) is 0. The van der Waals surface area contributed by atoms with Crippen molar-refractivity contribution in [3.63, 3.8) is 0 Å². The molecule has 29 heavy (non-hydrogen) atoms. The summed E-state index contributed by atoms with van der Waals surface area (Å²) in [6.45, 7) is 4.30.